The summed E-state index contributed by atoms with van der Waals surface area (Å²) in [5, 5.41) is 2.94. The van der Waals surface area contributed by atoms with Crippen molar-refractivity contribution >= 4 is 38.9 Å². The lowest BCUT2D eigenvalue weighted by Crippen LogP contribution is -2.24. The standard InChI is InChI=1S/C20H13ClN2O2S/c21-16-9-5-4-8-14(16)15-11-26-19-18(15)20(25)23(12-22-19)10-17(24)13-6-2-1-3-7-13/h1-9,11-12H,10H2. The van der Waals surface area contributed by atoms with Crippen molar-refractivity contribution in [1.82, 2.24) is 9.55 Å². The summed E-state index contributed by atoms with van der Waals surface area (Å²) in [6.07, 6.45) is 1.43. The van der Waals surface area contributed by atoms with Crippen molar-refractivity contribution < 1.29 is 4.79 Å². The Balaban J connectivity index is 1.80. The van der Waals surface area contributed by atoms with Crippen molar-refractivity contribution in [3.63, 3.8) is 0 Å². The van der Waals surface area contributed by atoms with E-state index in [9.17, 15) is 9.59 Å². The smallest absolute Gasteiger partial charge is 0.263 e. The van der Waals surface area contributed by atoms with E-state index in [1.807, 2.05) is 29.6 Å². The van der Waals surface area contributed by atoms with Gasteiger partial charge in [0.1, 0.15) is 4.83 Å². The summed E-state index contributed by atoms with van der Waals surface area (Å²) >= 11 is 7.68. The van der Waals surface area contributed by atoms with Crippen LogP contribution in [0.5, 0.6) is 0 Å². The van der Waals surface area contributed by atoms with Crippen LogP contribution in [0, 0.1) is 0 Å². The number of ketones is 1. The number of nitrogens with zero attached hydrogens (tertiary/aromatic N) is 2. The molecule has 0 aliphatic heterocycles. The maximum atomic E-state index is 13.0. The molecule has 0 aliphatic carbocycles. The van der Waals surface area contributed by atoms with E-state index >= 15 is 0 Å². The Hall–Kier alpha value is -2.76. The van der Waals surface area contributed by atoms with Crippen molar-refractivity contribution in [2.75, 3.05) is 0 Å². The third kappa shape index (κ3) is 2.96. The van der Waals surface area contributed by atoms with Gasteiger partial charge in [-0.05, 0) is 6.07 Å². The zero-order chi connectivity index (χ0) is 18.1. The lowest BCUT2D eigenvalue weighted by molar-refractivity contribution is 0.0970. The molecule has 0 N–H and O–H groups in total. The number of aromatic nitrogens is 2. The van der Waals surface area contributed by atoms with Gasteiger partial charge in [0.2, 0.25) is 0 Å². The van der Waals surface area contributed by atoms with Gasteiger partial charge in [-0.3, -0.25) is 14.2 Å². The highest BCUT2D eigenvalue weighted by Gasteiger charge is 2.16. The summed E-state index contributed by atoms with van der Waals surface area (Å²) in [6, 6.07) is 16.3. The second kappa shape index (κ2) is 6.86. The quantitative estimate of drug-likeness (QED) is 0.484. The molecule has 2 heterocycles. The maximum Gasteiger partial charge on any atom is 0.263 e. The van der Waals surface area contributed by atoms with Gasteiger partial charge in [0.05, 0.1) is 18.3 Å². The van der Waals surface area contributed by atoms with Crippen LogP contribution in [0.25, 0.3) is 21.3 Å². The molecule has 128 valence electrons. The maximum absolute atomic E-state index is 13.0. The minimum Gasteiger partial charge on any atom is -0.292 e. The molecule has 0 saturated carbocycles. The second-order valence-electron chi connectivity index (χ2n) is 5.78. The molecule has 0 spiro atoms. The van der Waals surface area contributed by atoms with E-state index in [4.69, 9.17) is 11.6 Å². The Labute approximate surface area is 158 Å². The van der Waals surface area contributed by atoms with Gasteiger partial charge in [0.15, 0.2) is 5.78 Å². The van der Waals surface area contributed by atoms with Gasteiger partial charge in [-0.15, -0.1) is 11.3 Å². The monoisotopic (exact) mass is 380 g/mol. The van der Waals surface area contributed by atoms with Gasteiger partial charge in [-0.2, -0.15) is 0 Å². The molecule has 26 heavy (non-hydrogen) atoms. The number of thiophene rings is 1. The van der Waals surface area contributed by atoms with E-state index in [-0.39, 0.29) is 17.9 Å². The van der Waals surface area contributed by atoms with Crippen LogP contribution in [0.4, 0.5) is 0 Å². The average Bonchev–Trinajstić information content (AvgIpc) is 3.10. The number of rotatable bonds is 4. The third-order valence-corrected chi connectivity index (χ3v) is 5.35. The minimum atomic E-state index is -0.240. The van der Waals surface area contributed by atoms with Crippen LogP contribution >= 0.6 is 22.9 Å². The van der Waals surface area contributed by atoms with Crippen molar-refractivity contribution in [1.29, 1.82) is 0 Å². The van der Waals surface area contributed by atoms with Gasteiger partial charge < -0.3 is 0 Å². The molecule has 4 rings (SSSR count). The molecular weight excluding hydrogens is 368 g/mol. The Morgan fingerprint density at radius 3 is 2.54 bits per heavy atom. The van der Waals surface area contributed by atoms with E-state index in [0.717, 1.165) is 11.1 Å². The van der Waals surface area contributed by atoms with Crippen molar-refractivity contribution in [2.45, 2.75) is 6.54 Å². The number of Topliss-reactive ketones (excluding diaryl/α,β-unsaturated/α-hetero) is 1. The van der Waals surface area contributed by atoms with E-state index in [1.165, 1.54) is 22.2 Å². The molecular formula is C20H13ClN2O2S. The Morgan fingerprint density at radius 1 is 1.04 bits per heavy atom. The van der Waals surface area contributed by atoms with Crippen molar-refractivity contribution in [2.24, 2.45) is 0 Å². The van der Waals surface area contributed by atoms with Crippen LogP contribution in [0.15, 0.2) is 71.1 Å². The lowest BCUT2D eigenvalue weighted by Gasteiger charge is -2.06. The predicted octanol–water partition coefficient (Wildman–Crippen LogP) is 4.66. The van der Waals surface area contributed by atoms with Crippen LogP contribution in [0.2, 0.25) is 5.02 Å². The molecule has 0 aliphatic rings. The highest BCUT2D eigenvalue weighted by Crippen LogP contribution is 2.34. The highest BCUT2D eigenvalue weighted by atomic mass is 35.5. The Bertz CT molecular complexity index is 1170. The number of hydrogen-bond acceptors (Lipinski definition) is 4. The fourth-order valence-electron chi connectivity index (χ4n) is 2.83. The number of carbonyl (C=O) groups excluding carboxylic acids is 1. The molecule has 2 aromatic carbocycles. The third-order valence-electron chi connectivity index (χ3n) is 4.13. The van der Waals surface area contributed by atoms with Crippen LogP contribution in [-0.4, -0.2) is 15.3 Å². The Morgan fingerprint density at radius 2 is 1.77 bits per heavy atom. The summed E-state index contributed by atoms with van der Waals surface area (Å²) in [7, 11) is 0. The number of fused-ring (bicyclic) bond motifs is 1. The summed E-state index contributed by atoms with van der Waals surface area (Å²) < 4.78 is 1.35. The zero-order valence-electron chi connectivity index (χ0n) is 13.6. The molecule has 0 bridgehead atoms. The van der Waals surface area contributed by atoms with Gasteiger partial charge in [-0.25, -0.2) is 4.98 Å². The molecule has 0 unspecified atom stereocenters. The largest absolute Gasteiger partial charge is 0.292 e. The first kappa shape index (κ1) is 16.7. The molecule has 4 nitrogen and oxygen atoms in total. The first-order chi connectivity index (χ1) is 12.6. The topological polar surface area (TPSA) is 52.0 Å². The highest BCUT2D eigenvalue weighted by molar-refractivity contribution is 7.17. The molecule has 0 fully saturated rings. The van der Waals surface area contributed by atoms with Crippen LogP contribution < -0.4 is 5.56 Å². The van der Waals surface area contributed by atoms with E-state index in [1.54, 1.807) is 30.3 Å². The Kier molecular flexibility index (Phi) is 4.41. The molecule has 0 radical (unpaired) electrons. The fourth-order valence-corrected chi connectivity index (χ4v) is 3.96. The lowest BCUT2D eigenvalue weighted by atomic mass is 10.1. The fraction of sp³-hybridized carbons (Fsp3) is 0.0500. The second-order valence-corrected chi connectivity index (χ2v) is 7.04. The van der Waals surface area contributed by atoms with Crippen molar-refractivity contribution in [3.05, 3.63) is 87.2 Å². The molecule has 6 heteroatoms. The molecule has 0 saturated heterocycles. The molecule has 4 aromatic rings. The van der Waals surface area contributed by atoms with E-state index in [0.29, 0.717) is 20.8 Å². The molecule has 0 amide bonds. The van der Waals surface area contributed by atoms with E-state index in [2.05, 4.69) is 4.98 Å². The summed E-state index contributed by atoms with van der Waals surface area (Å²) in [4.78, 5) is 30.4. The predicted molar refractivity (Wildman–Crippen MR) is 105 cm³/mol. The molecule has 2 aromatic heterocycles. The number of hydrogen-bond donors (Lipinski definition) is 0. The van der Waals surface area contributed by atoms with E-state index < -0.39 is 0 Å². The normalized spacial score (nSPS) is 11.0. The summed E-state index contributed by atoms with van der Waals surface area (Å²) in [5.74, 6) is -0.136. The number of carbonyl (C=O) groups is 1. The average molecular weight is 381 g/mol. The first-order valence-electron chi connectivity index (χ1n) is 7.95. The number of benzene rings is 2. The van der Waals surface area contributed by atoms with Crippen LogP contribution in [0.1, 0.15) is 10.4 Å². The van der Waals surface area contributed by atoms with Gasteiger partial charge in [-0.1, -0.05) is 60.1 Å². The van der Waals surface area contributed by atoms with Crippen LogP contribution in [0.3, 0.4) is 0 Å². The zero-order valence-corrected chi connectivity index (χ0v) is 15.1. The number of halogens is 1. The summed E-state index contributed by atoms with van der Waals surface area (Å²) in [6.45, 7) is -0.0520. The van der Waals surface area contributed by atoms with Crippen LogP contribution in [-0.2, 0) is 6.54 Å². The van der Waals surface area contributed by atoms with Gasteiger partial charge in [0, 0.05) is 27.1 Å². The van der Waals surface area contributed by atoms with Gasteiger partial charge >= 0.3 is 0 Å². The van der Waals surface area contributed by atoms with Gasteiger partial charge in [0.25, 0.3) is 5.56 Å². The SMILES string of the molecule is O=C(Cn1cnc2scc(-c3ccccc3Cl)c2c1=O)c1ccccc1. The minimum absolute atomic E-state index is 0.0520. The van der Waals surface area contributed by atoms with Crippen molar-refractivity contribution in [3.8, 4) is 11.1 Å². The summed E-state index contributed by atoms with van der Waals surface area (Å²) in [5.41, 5.74) is 1.85. The molecule has 0 atom stereocenters. The first-order valence-corrected chi connectivity index (χ1v) is 9.20.